The average molecular weight is 458 g/mol. The highest BCUT2D eigenvalue weighted by Gasteiger charge is 2.29. The number of aryl methyl sites for hydroxylation is 1. The normalized spacial score (nSPS) is 14.6. The first kappa shape index (κ1) is 20.7. The molecular weight excluding hydrogens is 440 g/mol. The van der Waals surface area contributed by atoms with Gasteiger partial charge in [-0.15, -0.1) is 4.40 Å². The number of aromatic nitrogens is 1. The van der Waals surface area contributed by atoms with Gasteiger partial charge in [0.05, 0.1) is 17.4 Å². The Hall–Kier alpha value is -4.24. The van der Waals surface area contributed by atoms with Crippen LogP contribution >= 0.6 is 0 Å². The van der Waals surface area contributed by atoms with Crippen molar-refractivity contribution in [2.45, 2.75) is 11.8 Å². The van der Waals surface area contributed by atoms with Gasteiger partial charge in [0.2, 0.25) is 0 Å². The van der Waals surface area contributed by atoms with Crippen molar-refractivity contribution < 1.29 is 13.5 Å². The fourth-order valence-corrected chi connectivity index (χ4v) is 4.86. The second-order valence-corrected chi connectivity index (χ2v) is 9.13. The summed E-state index contributed by atoms with van der Waals surface area (Å²) in [5.74, 6) is -0.639. The topological polar surface area (TPSA) is 113 Å². The van der Waals surface area contributed by atoms with E-state index in [-0.39, 0.29) is 27.7 Å². The summed E-state index contributed by atoms with van der Waals surface area (Å²) < 4.78 is 30.4. The smallest absolute Gasteiger partial charge is 0.286 e. The molecule has 0 spiro atoms. The van der Waals surface area contributed by atoms with Crippen LogP contribution in [0.15, 0.2) is 92.0 Å². The van der Waals surface area contributed by atoms with Crippen LogP contribution in [0.4, 0.5) is 5.69 Å². The number of rotatable bonds is 3. The molecule has 33 heavy (non-hydrogen) atoms. The first-order chi connectivity index (χ1) is 15.8. The van der Waals surface area contributed by atoms with E-state index in [4.69, 9.17) is 0 Å². The van der Waals surface area contributed by atoms with E-state index in [2.05, 4.69) is 14.8 Å². The summed E-state index contributed by atoms with van der Waals surface area (Å²) in [4.78, 5) is 13.5. The van der Waals surface area contributed by atoms with Gasteiger partial charge in [-0.25, -0.2) is 0 Å². The quantitative estimate of drug-likeness (QED) is 0.457. The van der Waals surface area contributed by atoms with Crippen molar-refractivity contribution in [1.82, 2.24) is 4.68 Å². The monoisotopic (exact) mass is 458 g/mol. The molecule has 1 aliphatic heterocycles. The van der Waals surface area contributed by atoms with Gasteiger partial charge in [0.1, 0.15) is 16.2 Å². The zero-order chi connectivity index (χ0) is 23.2. The van der Waals surface area contributed by atoms with Crippen molar-refractivity contribution in [2.75, 3.05) is 5.32 Å². The number of para-hydroxylation sites is 2. The number of anilines is 1. The molecule has 0 saturated carbocycles. The van der Waals surface area contributed by atoms with E-state index < -0.39 is 15.6 Å². The van der Waals surface area contributed by atoms with Gasteiger partial charge in [-0.05, 0) is 36.8 Å². The number of pyridine rings is 1. The molecular formula is C24H18N4O4S. The molecule has 1 aromatic heterocycles. The lowest BCUT2D eigenvalue weighted by atomic mass is 10.1. The Morgan fingerprint density at radius 2 is 1.79 bits per heavy atom. The third kappa shape index (κ3) is 3.58. The van der Waals surface area contributed by atoms with Crippen molar-refractivity contribution in [3.8, 4) is 5.75 Å². The van der Waals surface area contributed by atoms with Gasteiger partial charge in [0.15, 0.2) is 5.84 Å². The number of nitrogens with one attached hydrogen (secondary N) is 1. The van der Waals surface area contributed by atoms with E-state index in [9.17, 15) is 18.3 Å². The van der Waals surface area contributed by atoms with Gasteiger partial charge in [0.25, 0.3) is 15.6 Å². The number of sulfonamides is 1. The first-order valence-electron chi connectivity index (χ1n) is 10.0. The Labute approximate surface area is 189 Å². The standard InChI is InChI=1S/C24H18N4O4S/c1-15-7-6-8-16(13-15)14-25-28-19-11-4-2-9-17(19)22(29)21(24(28)30)23-26-18-10-3-5-12-20(18)33(31,32)27-23/h2-14,29H,1H3,(H,26,27). The maximum absolute atomic E-state index is 13.5. The summed E-state index contributed by atoms with van der Waals surface area (Å²) in [6, 6.07) is 20.5. The summed E-state index contributed by atoms with van der Waals surface area (Å²) in [5.41, 5.74) is 1.46. The second kappa shape index (κ2) is 7.72. The van der Waals surface area contributed by atoms with E-state index in [1.165, 1.54) is 12.3 Å². The van der Waals surface area contributed by atoms with E-state index >= 15 is 0 Å². The lowest BCUT2D eigenvalue weighted by Gasteiger charge is -2.19. The summed E-state index contributed by atoms with van der Waals surface area (Å²) in [5, 5.41) is 18.5. The van der Waals surface area contributed by atoms with Crippen molar-refractivity contribution in [2.24, 2.45) is 9.50 Å². The van der Waals surface area contributed by atoms with Crippen LogP contribution in [0.3, 0.4) is 0 Å². The van der Waals surface area contributed by atoms with Crippen LogP contribution in [0, 0.1) is 6.92 Å². The highest BCUT2D eigenvalue weighted by atomic mass is 32.2. The largest absolute Gasteiger partial charge is 0.506 e. The van der Waals surface area contributed by atoms with Gasteiger partial charge in [0, 0.05) is 5.39 Å². The number of hydrogen-bond donors (Lipinski definition) is 2. The SMILES string of the molecule is Cc1cccc(C=Nn2c(=O)c(C3=NS(=O)(=O)c4ccccc4N3)c(O)c3ccccc32)c1. The zero-order valence-electron chi connectivity index (χ0n) is 17.4. The fourth-order valence-electron chi connectivity index (χ4n) is 3.74. The van der Waals surface area contributed by atoms with Crippen LogP contribution in [0.2, 0.25) is 0 Å². The van der Waals surface area contributed by atoms with Crippen LogP contribution < -0.4 is 10.9 Å². The minimum absolute atomic E-state index is 0.00757. The Bertz CT molecular complexity index is 1650. The van der Waals surface area contributed by atoms with Crippen LogP contribution in [0.5, 0.6) is 5.75 Å². The van der Waals surface area contributed by atoms with Crippen LogP contribution in [-0.2, 0) is 10.0 Å². The molecule has 9 heteroatoms. The lowest BCUT2D eigenvalue weighted by molar-refractivity contribution is 0.478. The molecule has 5 rings (SSSR count). The fraction of sp³-hybridized carbons (Fsp3) is 0.0417. The zero-order valence-corrected chi connectivity index (χ0v) is 18.2. The van der Waals surface area contributed by atoms with E-state index in [1.807, 2.05) is 31.2 Å². The number of benzene rings is 3. The maximum Gasteiger partial charge on any atom is 0.286 e. The van der Waals surface area contributed by atoms with Gasteiger partial charge in [-0.2, -0.15) is 18.2 Å². The highest BCUT2D eigenvalue weighted by molar-refractivity contribution is 7.90. The minimum Gasteiger partial charge on any atom is -0.506 e. The number of nitrogens with zero attached hydrogens (tertiary/aromatic N) is 3. The van der Waals surface area contributed by atoms with Crippen molar-refractivity contribution >= 4 is 38.7 Å². The third-order valence-electron chi connectivity index (χ3n) is 5.26. The average Bonchev–Trinajstić information content (AvgIpc) is 2.79. The summed E-state index contributed by atoms with van der Waals surface area (Å²) in [6.45, 7) is 1.95. The molecule has 0 fully saturated rings. The molecule has 0 atom stereocenters. The molecule has 0 aliphatic carbocycles. The van der Waals surface area contributed by atoms with Gasteiger partial charge in [-0.1, -0.05) is 54.1 Å². The molecule has 0 saturated heterocycles. The van der Waals surface area contributed by atoms with Crippen LogP contribution in [0.1, 0.15) is 16.7 Å². The predicted octanol–water partition coefficient (Wildman–Crippen LogP) is 3.46. The van der Waals surface area contributed by atoms with Gasteiger partial charge < -0.3 is 10.4 Å². The molecule has 4 aromatic rings. The molecule has 0 radical (unpaired) electrons. The van der Waals surface area contributed by atoms with Crippen molar-refractivity contribution in [3.05, 3.63) is 99.8 Å². The van der Waals surface area contributed by atoms with E-state index in [1.54, 1.807) is 42.5 Å². The Balaban J connectivity index is 1.75. The molecule has 164 valence electrons. The summed E-state index contributed by atoms with van der Waals surface area (Å²) in [7, 11) is -4.07. The number of hydrogen-bond acceptors (Lipinski definition) is 6. The van der Waals surface area contributed by atoms with Crippen LogP contribution in [0.25, 0.3) is 10.9 Å². The first-order valence-corrected chi connectivity index (χ1v) is 11.5. The molecule has 1 aliphatic rings. The van der Waals surface area contributed by atoms with Gasteiger partial charge >= 0.3 is 0 Å². The molecule has 0 unspecified atom stereocenters. The molecule has 8 nitrogen and oxygen atoms in total. The van der Waals surface area contributed by atoms with Crippen molar-refractivity contribution in [3.63, 3.8) is 0 Å². The molecule has 0 amide bonds. The Morgan fingerprint density at radius 1 is 1.03 bits per heavy atom. The summed E-state index contributed by atoms with van der Waals surface area (Å²) >= 11 is 0. The molecule has 2 N–H and O–H groups in total. The number of amidine groups is 1. The highest BCUT2D eigenvalue weighted by Crippen LogP contribution is 2.32. The predicted molar refractivity (Wildman–Crippen MR) is 128 cm³/mol. The molecule has 3 aromatic carbocycles. The maximum atomic E-state index is 13.5. The third-order valence-corrected chi connectivity index (χ3v) is 6.60. The number of aromatic hydroxyl groups is 1. The van der Waals surface area contributed by atoms with E-state index in [0.29, 0.717) is 10.9 Å². The second-order valence-electron chi connectivity index (χ2n) is 7.55. The number of fused-ring (bicyclic) bond motifs is 2. The Kier molecular flexibility index (Phi) is 4.83. The van der Waals surface area contributed by atoms with Crippen LogP contribution in [-0.4, -0.2) is 30.3 Å². The lowest BCUT2D eigenvalue weighted by Crippen LogP contribution is -2.31. The summed E-state index contributed by atoms with van der Waals surface area (Å²) in [6.07, 6.45) is 1.53. The van der Waals surface area contributed by atoms with Crippen molar-refractivity contribution in [1.29, 1.82) is 0 Å². The minimum atomic E-state index is -4.07. The van der Waals surface area contributed by atoms with E-state index in [0.717, 1.165) is 15.8 Å². The van der Waals surface area contributed by atoms with Gasteiger partial charge in [-0.3, -0.25) is 4.79 Å². The Morgan fingerprint density at radius 3 is 2.61 bits per heavy atom. The molecule has 2 heterocycles. The molecule has 0 bridgehead atoms.